The first kappa shape index (κ1) is 13.5. The van der Waals surface area contributed by atoms with Gasteiger partial charge in [0.1, 0.15) is 11.6 Å². The lowest BCUT2D eigenvalue weighted by atomic mass is 10.1. The van der Waals surface area contributed by atoms with E-state index < -0.39 is 0 Å². The monoisotopic (exact) mass is 260 g/mol. The van der Waals surface area contributed by atoms with Gasteiger partial charge < -0.3 is 10.1 Å². The summed E-state index contributed by atoms with van der Waals surface area (Å²) >= 11 is 0. The van der Waals surface area contributed by atoms with Gasteiger partial charge in [-0.3, -0.25) is 0 Å². The number of nitrogens with one attached hydrogen (secondary N) is 1. The van der Waals surface area contributed by atoms with E-state index in [0.717, 1.165) is 17.7 Å². The molecule has 0 bridgehead atoms. The summed E-state index contributed by atoms with van der Waals surface area (Å²) in [6.07, 6.45) is 2.04. The van der Waals surface area contributed by atoms with Gasteiger partial charge >= 0.3 is 0 Å². The molecule has 1 aromatic heterocycles. The molecule has 0 aliphatic carbocycles. The Bertz CT molecular complexity index is 558. The summed E-state index contributed by atoms with van der Waals surface area (Å²) in [6, 6.07) is 9.23. The van der Waals surface area contributed by atoms with Crippen molar-refractivity contribution in [2.24, 2.45) is 0 Å². The summed E-state index contributed by atoms with van der Waals surface area (Å²) in [6.45, 7) is 2.57. The summed E-state index contributed by atoms with van der Waals surface area (Å²) in [5.41, 5.74) is 1.80. The number of aryl methyl sites for hydroxylation is 1. The van der Waals surface area contributed by atoms with Gasteiger partial charge in [0.15, 0.2) is 0 Å². The molecule has 0 aliphatic heterocycles. The van der Waals surface area contributed by atoms with Crippen LogP contribution in [0.4, 0.5) is 4.39 Å². The van der Waals surface area contributed by atoms with Crippen molar-refractivity contribution in [1.29, 1.82) is 0 Å². The molecule has 0 radical (unpaired) electrons. The van der Waals surface area contributed by atoms with Crippen LogP contribution in [-0.4, -0.2) is 12.0 Å². The molecule has 0 unspecified atom stereocenters. The Morgan fingerprint density at radius 1 is 1.26 bits per heavy atom. The molecule has 0 fully saturated rings. The second-order valence-corrected chi connectivity index (χ2v) is 4.21. The molecule has 19 heavy (non-hydrogen) atoms. The number of pyridine rings is 1. The molecule has 0 saturated heterocycles. The third-order valence-corrected chi connectivity index (χ3v) is 2.82. The number of benzene rings is 1. The Labute approximate surface area is 112 Å². The lowest BCUT2D eigenvalue weighted by Gasteiger charge is -2.12. The molecule has 0 atom stereocenters. The van der Waals surface area contributed by atoms with Crippen LogP contribution in [0.25, 0.3) is 0 Å². The fourth-order valence-electron chi connectivity index (χ4n) is 1.88. The number of hydrogen-bond donors (Lipinski definition) is 1. The highest BCUT2D eigenvalue weighted by molar-refractivity contribution is 5.38. The summed E-state index contributed by atoms with van der Waals surface area (Å²) in [7, 11) is 1.80. The fourth-order valence-corrected chi connectivity index (χ4v) is 1.88. The second kappa shape index (κ2) is 6.29. The zero-order chi connectivity index (χ0) is 13.7. The lowest BCUT2D eigenvalue weighted by Crippen LogP contribution is -2.08. The normalized spacial score (nSPS) is 10.5. The number of rotatable bonds is 5. The van der Waals surface area contributed by atoms with Crippen LogP contribution in [0, 0.1) is 5.82 Å². The van der Waals surface area contributed by atoms with Gasteiger partial charge in [-0.25, -0.2) is 9.37 Å². The van der Waals surface area contributed by atoms with Gasteiger partial charge in [-0.05, 0) is 31.2 Å². The lowest BCUT2D eigenvalue weighted by molar-refractivity contribution is 0.445. The third kappa shape index (κ3) is 3.29. The van der Waals surface area contributed by atoms with Crippen molar-refractivity contribution in [2.75, 3.05) is 7.05 Å². The van der Waals surface area contributed by atoms with Crippen LogP contribution in [0.5, 0.6) is 11.6 Å². The molecule has 1 aromatic carbocycles. The van der Waals surface area contributed by atoms with Crippen molar-refractivity contribution in [3.05, 3.63) is 53.5 Å². The van der Waals surface area contributed by atoms with Crippen LogP contribution in [0.15, 0.2) is 36.5 Å². The van der Waals surface area contributed by atoms with E-state index in [1.165, 1.54) is 12.3 Å². The van der Waals surface area contributed by atoms with E-state index in [4.69, 9.17) is 4.74 Å². The van der Waals surface area contributed by atoms with Gasteiger partial charge in [0, 0.05) is 12.1 Å². The Morgan fingerprint density at radius 2 is 2.05 bits per heavy atom. The molecule has 0 saturated carbocycles. The van der Waals surface area contributed by atoms with E-state index >= 15 is 0 Å². The minimum Gasteiger partial charge on any atom is -0.438 e. The Morgan fingerprint density at radius 3 is 2.79 bits per heavy atom. The van der Waals surface area contributed by atoms with Crippen molar-refractivity contribution >= 4 is 0 Å². The van der Waals surface area contributed by atoms with Gasteiger partial charge in [-0.1, -0.05) is 25.1 Å². The first-order chi connectivity index (χ1) is 9.24. The molecule has 4 heteroatoms. The van der Waals surface area contributed by atoms with Gasteiger partial charge in [-0.2, -0.15) is 0 Å². The number of aromatic nitrogens is 1. The average molecular weight is 260 g/mol. The Balaban J connectivity index is 2.32. The highest BCUT2D eigenvalue weighted by Crippen LogP contribution is 2.27. The molecule has 1 heterocycles. The second-order valence-electron chi connectivity index (χ2n) is 4.21. The van der Waals surface area contributed by atoms with Crippen molar-refractivity contribution in [1.82, 2.24) is 10.3 Å². The Kier molecular flexibility index (Phi) is 4.47. The minimum absolute atomic E-state index is 0.360. The smallest absolute Gasteiger partial charge is 0.223 e. The van der Waals surface area contributed by atoms with Crippen LogP contribution in [0.2, 0.25) is 0 Å². The first-order valence-electron chi connectivity index (χ1n) is 6.29. The molecule has 0 aliphatic rings. The molecule has 0 amide bonds. The van der Waals surface area contributed by atoms with E-state index in [9.17, 15) is 4.39 Å². The molecular weight excluding hydrogens is 243 g/mol. The summed E-state index contributed by atoms with van der Waals surface area (Å²) in [5, 5.41) is 2.98. The van der Waals surface area contributed by atoms with Crippen molar-refractivity contribution in [3.63, 3.8) is 0 Å². The molecule has 0 spiro atoms. The zero-order valence-electron chi connectivity index (χ0n) is 11.1. The standard InChI is InChI=1S/C15H17FN2O/c1-3-11-6-4-5-7-14(11)19-15-12(9-17-2)8-13(16)10-18-15/h4-8,10,17H,3,9H2,1-2H3. The molecule has 3 nitrogen and oxygen atoms in total. The van der Waals surface area contributed by atoms with Crippen LogP contribution in [0.3, 0.4) is 0 Å². The van der Waals surface area contributed by atoms with Crippen molar-refractivity contribution < 1.29 is 9.13 Å². The van der Waals surface area contributed by atoms with E-state index in [0.29, 0.717) is 18.0 Å². The maximum atomic E-state index is 13.2. The zero-order valence-corrected chi connectivity index (χ0v) is 11.1. The predicted molar refractivity (Wildman–Crippen MR) is 72.9 cm³/mol. The average Bonchev–Trinajstić information content (AvgIpc) is 2.43. The molecule has 1 N–H and O–H groups in total. The van der Waals surface area contributed by atoms with E-state index in [1.54, 1.807) is 7.05 Å². The van der Waals surface area contributed by atoms with Crippen LogP contribution in [0.1, 0.15) is 18.1 Å². The largest absolute Gasteiger partial charge is 0.438 e. The third-order valence-electron chi connectivity index (χ3n) is 2.82. The van der Waals surface area contributed by atoms with Crippen LogP contribution in [-0.2, 0) is 13.0 Å². The van der Waals surface area contributed by atoms with E-state index in [1.807, 2.05) is 24.3 Å². The highest BCUT2D eigenvalue weighted by Gasteiger charge is 2.09. The van der Waals surface area contributed by atoms with Gasteiger partial charge in [0.25, 0.3) is 0 Å². The van der Waals surface area contributed by atoms with Crippen molar-refractivity contribution in [2.45, 2.75) is 19.9 Å². The SMILES string of the molecule is CCc1ccccc1Oc1ncc(F)cc1CNC. The summed E-state index contributed by atoms with van der Waals surface area (Å²) < 4.78 is 19.0. The minimum atomic E-state index is -0.360. The summed E-state index contributed by atoms with van der Waals surface area (Å²) in [5.74, 6) is 0.847. The number of para-hydroxylation sites is 1. The molecule has 2 aromatic rings. The van der Waals surface area contributed by atoms with Gasteiger partial charge in [-0.15, -0.1) is 0 Å². The van der Waals surface area contributed by atoms with E-state index in [-0.39, 0.29) is 5.82 Å². The summed E-state index contributed by atoms with van der Waals surface area (Å²) in [4.78, 5) is 4.03. The van der Waals surface area contributed by atoms with Gasteiger partial charge in [0.05, 0.1) is 6.20 Å². The first-order valence-corrected chi connectivity index (χ1v) is 6.29. The quantitative estimate of drug-likeness (QED) is 0.895. The van der Waals surface area contributed by atoms with Crippen molar-refractivity contribution in [3.8, 4) is 11.6 Å². The van der Waals surface area contributed by atoms with E-state index in [2.05, 4.69) is 17.2 Å². The van der Waals surface area contributed by atoms with Crippen LogP contribution >= 0.6 is 0 Å². The number of ether oxygens (including phenoxy) is 1. The highest BCUT2D eigenvalue weighted by atomic mass is 19.1. The molecule has 100 valence electrons. The van der Waals surface area contributed by atoms with Gasteiger partial charge in [0.2, 0.25) is 5.88 Å². The Hall–Kier alpha value is -1.94. The maximum Gasteiger partial charge on any atom is 0.223 e. The predicted octanol–water partition coefficient (Wildman–Crippen LogP) is 3.29. The number of hydrogen-bond acceptors (Lipinski definition) is 3. The topological polar surface area (TPSA) is 34.1 Å². The fraction of sp³-hybridized carbons (Fsp3) is 0.267. The molecule has 2 rings (SSSR count). The number of halogens is 1. The maximum absolute atomic E-state index is 13.2. The van der Waals surface area contributed by atoms with Crippen LogP contribution < -0.4 is 10.1 Å². The number of nitrogens with zero attached hydrogens (tertiary/aromatic N) is 1. The molecular formula is C15H17FN2O.